The minimum atomic E-state index is 0.368. The maximum absolute atomic E-state index is 6.24. The van der Waals surface area contributed by atoms with Gasteiger partial charge in [0, 0.05) is 28.7 Å². The van der Waals surface area contributed by atoms with E-state index in [1.807, 2.05) is 25.1 Å². The molecule has 28 heavy (non-hydrogen) atoms. The number of aryl methyl sites for hydroxylation is 1. The number of halogens is 2. The molecule has 0 aromatic heterocycles. The van der Waals surface area contributed by atoms with Crippen molar-refractivity contribution in [2.45, 2.75) is 26.4 Å². The first-order chi connectivity index (χ1) is 13.7. The lowest BCUT2D eigenvalue weighted by molar-refractivity contribution is 0.0374. The highest BCUT2D eigenvalue weighted by atomic mass is 35.5. The minimum Gasteiger partial charge on any atom is -0.490 e. The van der Waals surface area contributed by atoms with E-state index in [9.17, 15) is 0 Å². The van der Waals surface area contributed by atoms with Crippen molar-refractivity contribution >= 4 is 23.2 Å². The van der Waals surface area contributed by atoms with Gasteiger partial charge in [0.2, 0.25) is 0 Å². The Morgan fingerprint density at radius 3 is 2.57 bits per heavy atom. The molecule has 152 valence electrons. The molecule has 0 spiro atoms. The van der Waals surface area contributed by atoms with Crippen molar-refractivity contribution in [1.29, 1.82) is 0 Å². The van der Waals surface area contributed by atoms with Crippen molar-refractivity contribution in [3.8, 4) is 11.5 Å². The fourth-order valence-electron chi connectivity index (χ4n) is 3.22. The zero-order valence-electron chi connectivity index (χ0n) is 16.3. The van der Waals surface area contributed by atoms with Gasteiger partial charge in [0.05, 0.1) is 19.8 Å². The molecule has 0 unspecified atom stereocenters. The summed E-state index contributed by atoms with van der Waals surface area (Å²) in [5.74, 6) is 1.50. The second-order valence-corrected chi connectivity index (χ2v) is 7.64. The van der Waals surface area contributed by atoms with Gasteiger partial charge in [-0.1, -0.05) is 35.3 Å². The molecule has 0 aliphatic carbocycles. The number of hydrogen-bond donors (Lipinski definition) is 0. The largest absolute Gasteiger partial charge is 0.490 e. The molecule has 1 heterocycles. The van der Waals surface area contributed by atoms with Crippen LogP contribution in [0.5, 0.6) is 11.5 Å². The minimum absolute atomic E-state index is 0.368. The van der Waals surface area contributed by atoms with Gasteiger partial charge in [-0.05, 0) is 56.1 Å². The Hall–Kier alpha value is -1.46. The fraction of sp³-hybridized carbons (Fsp3) is 0.455. The lowest BCUT2D eigenvalue weighted by Gasteiger charge is -2.26. The van der Waals surface area contributed by atoms with Crippen LogP contribution in [0.3, 0.4) is 0 Å². The summed E-state index contributed by atoms with van der Waals surface area (Å²) in [5.41, 5.74) is 2.15. The molecule has 1 aliphatic rings. The number of rotatable bonds is 9. The number of nitrogens with zero attached hydrogens (tertiary/aromatic N) is 1. The molecule has 2 aromatic rings. The standard InChI is InChI=1S/C22H27Cl2NO3/c1-2-27-22-14-17(4-3-9-25-10-12-26-13-11-25)5-8-21(22)28-16-18-6-7-19(23)15-20(18)24/h5-8,14-15H,2-4,9-13,16H2,1H3. The zero-order valence-corrected chi connectivity index (χ0v) is 17.8. The van der Waals surface area contributed by atoms with E-state index in [2.05, 4.69) is 17.0 Å². The molecule has 3 rings (SSSR count). The quantitative estimate of drug-likeness (QED) is 0.551. The lowest BCUT2D eigenvalue weighted by Crippen LogP contribution is -2.36. The van der Waals surface area contributed by atoms with Crippen LogP contribution in [0.25, 0.3) is 0 Å². The second kappa shape index (κ2) is 10.9. The zero-order chi connectivity index (χ0) is 19.8. The van der Waals surface area contributed by atoms with Crippen molar-refractivity contribution in [2.75, 3.05) is 39.5 Å². The van der Waals surface area contributed by atoms with E-state index in [4.69, 9.17) is 37.4 Å². The summed E-state index contributed by atoms with van der Waals surface area (Å²) < 4.78 is 17.2. The van der Waals surface area contributed by atoms with Crippen LogP contribution in [0.2, 0.25) is 10.0 Å². The van der Waals surface area contributed by atoms with Crippen LogP contribution in [0.1, 0.15) is 24.5 Å². The Labute approximate surface area is 177 Å². The molecular formula is C22H27Cl2NO3. The van der Waals surface area contributed by atoms with Crippen LogP contribution in [0.4, 0.5) is 0 Å². The Balaban J connectivity index is 1.58. The van der Waals surface area contributed by atoms with E-state index in [0.29, 0.717) is 23.3 Å². The summed E-state index contributed by atoms with van der Waals surface area (Å²) in [6.07, 6.45) is 2.13. The van der Waals surface area contributed by atoms with Crippen LogP contribution >= 0.6 is 23.2 Å². The van der Waals surface area contributed by atoms with E-state index in [0.717, 1.165) is 62.8 Å². The average molecular weight is 424 g/mol. The molecule has 1 saturated heterocycles. The van der Waals surface area contributed by atoms with E-state index in [-0.39, 0.29) is 0 Å². The maximum Gasteiger partial charge on any atom is 0.161 e. The summed E-state index contributed by atoms with van der Waals surface area (Å²) in [6, 6.07) is 11.6. The highest BCUT2D eigenvalue weighted by molar-refractivity contribution is 6.35. The summed E-state index contributed by atoms with van der Waals surface area (Å²) in [6.45, 7) is 7.79. The maximum atomic E-state index is 6.24. The van der Waals surface area contributed by atoms with Gasteiger partial charge in [0.1, 0.15) is 6.61 Å². The molecule has 0 saturated carbocycles. The second-order valence-electron chi connectivity index (χ2n) is 6.80. The third kappa shape index (κ3) is 6.28. The molecule has 0 radical (unpaired) electrons. The normalized spacial score (nSPS) is 14.8. The lowest BCUT2D eigenvalue weighted by atomic mass is 10.1. The van der Waals surface area contributed by atoms with E-state index in [1.165, 1.54) is 5.56 Å². The predicted molar refractivity (Wildman–Crippen MR) is 114 cm³/mol. The number of ether oxygens (including phenoxy) is 3. The van der Waals surface area contributed by atoms with Gasteiger partial charge < -0.3 is 14.2 Å². The molecule has 0 amide bonds. The van der Waals surface area contributed by atoms with Gasteiger partial charge in [0.25, 0.3) is 0 Å². The van der Waals surface area contributed by atoms with Crippen LogP contribution in [0, 0.1) is 0 Å². The van der Waals surface area contributed by atoms with Gasteiger partial charge in [-0.15, -0.1) is 0 Å². The third-order valence-corrected chi connectivity index (χ3v) is 5.34. The molecule has 4 nitrogen and oxygen atoms in total. The first-order valence-electron chi connectivity index (χ1n) is 9.78. The summed E-state index contributed by atoms with van der Waals surface area (Å²) in [7, 11) is 0. The molecular weight excluding hydrogens is 397 g/mol. The molecule has 6 heteroatoms. The highest BCUT2D eigenvalue weighted by Gasteiger charge is 2.11. The number of morpholine rings is 1. The summed E-state index contributed by atoms with van der Waals surface area (Å²) in [4.78, 5) is 2.46. The van der Waals surface area contributed by atoms with Crippen molar-refractivity contribution in [3.63, 3.8) is 0 Å². The van der Waals surface area contributed by atoms with Crippen LogP contribution < -0.4 is 9.47 Å². The fourth-order valence-corrected chi connectivity index (χ4v) is 3.68. The van der Waals surface area contributed by atoms with Gasteiger partial charge in [-0.3, -0.25) is 4.90 Å². The molecule has 1 fully saturated rings. The van der Waals surface area contributed by atoms with Gasteiger partial charge in [0.15, 0.2) is 11.5 Å². The van der Waals surface area contributed by atoms with Gasteiger partial charge in [-0.2, -0.15) is 0 Å². The third-order valence-electron chi connectivity index (χ3n) is 4.75. The number of hydrogen-bond acceptors (Lipinski definition) is 4. The molecule has 0 N–H and O–H groups in total. The Morgan fingerprint density at radius 2 is 1.82 bits per heavy atom. The Kier molecular flexibility index (Phi) is 8.28. The van der Waals surface area contributed by atoms with Crippen molar-refractivity contribution in [2.24, 2.45) is 0 Å². The SMILES string of the molecule is CCOc1cc(CCCN2CCOCC2)ccc1OCc1ccc(Cl)cc1Cl. The van der Waals surface area contributed by atoms with Crippen LogP contribution in [-0.2, 0) is 17.8 Å². The topological polar surface area (TPSA) is 30.9 Å². The Morgan fingerprint density at radius 1 is 1.00 bits per heavy atom. The van der Waals surface area contributed by atoms with Gasteiger partial charge >= 0.3 is 0 Å². The van der Waals surface area contributed by atoms with E-state index in [1.54, 1.807) is 6.07 Å². The van der Waals surface area contributed by atoms with Crippen molar-refractivity contribution in [3.05, 3.63) is 57.6 Å². The first kappa shape index (κ1) is 21.3. The monoisotopic (exact) mass is 423 g/mol. The van der Waals surface area contributed by atoms with Crippen molar-refractivity contribution in [1.82, 2.24) is 4.90 Å². The van der Waals surface area contributed by atoms with E-state index >= 15 is 0 Å². The van der Waals surface area contributed by atoms with Crippen LogP contribution in [0.15, 0.2) is 36.4 Å². The molecule has 0 atom stereocenters. The Bertz CT molecular complexity index is 763. The predicted octanol–water partition coefficient (Wildman–Crippen LogP) is 5.24. The van der Waals surface area contributed by atoms with Gasteiger partial charge in [-0.25, -0.2) is 0 Å². The number of benzene rings is 2. The molecule has 1 aliphatic heterocycles. The summed E-state index contributed by atoms with van der Waals surface area (Å²) >= 11 is 12.2. The van der Waals surface area contributed by atoms with Crippen LogP contribution in [-0.4, -0.2) is 44.4 Å². The first-order valence-corrected chi connectivity index (χ1v) is 10.5. The van der Waals surface area contributed by atoms with E-state index < -0.39 is 0 Å². The highest BCUT2D eigenvalue weighted by Crippen LogP contribution is 2.31. The average Bonchev–Trinajstić information content (AvgIpc) is 2.69. The molecule has 2 aromatic carbocycles. The van der Waals surface area contributed by atoms with Crippen molar-refractivity contribution < 1.29 is 14.2 Å². The smallest absolute Gasteiger partial charge is 0.161 e. The molecule has 0 bridgehead atoms. The summed E-state index contributed by atoms with van der Waals surface area (Å²) in [5, 5.41) is 1.22.